The van der Waals surface area contributed by atoms with Gasteiger partial charge in [0, 0.05) is 26.2 Å². The zero-order valence-electron chi connectivity index (χ0n) is 18.0. The Bertz CT molecular complexity index is 1200. The minimum Gasteiger partial charge on any atom is -0.351 e. The van der Waals surface area contributed by atoms with Gasteiger partial charge in [0.05, 0.1) is 11.6 Å². The Hall–Kier alpha value is -3.81. The maximum absolute atomic E-state index is 13.2. The van der Waals surface area contributed by atoms with Gasteiger partial charge in [0.15, 0.2) is 17.0 Å². The summed E-state index contributed by atoms with van der Waals surface area (Å²) in [4.78, 5) is 26.3. The van der Waals surface area contributed by atoms with Crippen LogP contribution in [0.3, 0.4) is 0 Å². The van der Waals surface area contributed by atoms with Gasteiger partial charge in [0.2, 0.25) is 5.91 Å². The molecule has 162 valence electrons. The van der Waals surface area contributed by atoms with Crippen molar-refractivity contribution in [1.82, 2.24) is 29.9 Å². The number of benzene rings is 2. The third kappa shape index (κ3) is 3.68. The number of piperazine rings is 1. The van der Waals surface area contributed by atoms with Gasteiger partial charge >= 0.3 is 0 Å². The van der Waals surface area contributed by atoms with Crippen molar-refractivity contribution in [2.75, 3.05) is 31.1 Å². The highest BCUT2D eigenvalue weighted by atomic mass is 16.2. The molecule has 0 N–H and O–H groups in total. The van der Waals surface area contributed by atoms with Gasteiger partial charge < -0.3 is 9.80 Å². The molecule has 1 atom stereocenters. The maximum Gasteiger partial charge on any atom is 0.230 e. The number of carbonyl (C=O) groups is 1. The van der Waals surface area contributed by atoms with Crippen molar-refractivity contribution < 1.29 is 4.79 Å². The average Bonchev–Trinajstić information content (AvgIpc) is 3.30. The lowest BCUT2D eigenvalue weighted by Crippen LogP contribution is -2.50. The predicted octanol–water partition coefficient (Wildman–Crippen LogP) is 3.05. The summed E-state index contributed by atoms with van der Waals surface area (Å²) in [7, 11) is 0. The second kappa shape index (κ2) is 8.74. The first-order chi connectivity index (χ1) is 15.8. The van der Waals surface area contributed by atoms with E-state index in [1.54, 1.807) is 11.0 Å². The fourth-order valence-electron chi connectivity index (χ4n) is 4.31. The fraction of sp³-hybridized carbons (Fsp3) is 0.292. The Balaban J connectivity index is 1.33. The molecule has 1 fully saturated rings. The van der Waals surface area contributed by atoms with Crippen LogP contribution < -0.4 is 4.90 Å². The molecule has 5 rings (SSSR count). The predicted molar refractivity (Wildman–Crippen MR) is 123 cm³/mol. The molecular formula is C24H25N7O. The van der Waals surface area contributed by atoms with Gasteiger partial charge in [-0.1, -0.05) is 60.7 Å². The Kier molecular flexibility index (Phi) is 5.49. The lowest BCUT2D eigenvalue weighted by atomic mass is 9.95. The number of nitrogens with zero attached hydrogens (tertiary/aromatic N) is 7. The van der Waals surface area contributed by atoms with E-state index in [0.29, 0.717) is 37.3 Å². The minimum absolute atomic E-state index is 0.0979. The molecule has 2 aromatic carbocycles. The minimum atomic E-state index is -0.0979. The number of rotatable bonds is 5. The number of para-hydroxylation sites is 1. The van der Waals surface area contributed by atoms with Crippen molar-refractivity contribution >= 4 is 22.9 Å². The molecule has 8 heteroatoms. The van der Waals surface area contributed by atoms with E-state index in [1.165, 1.54) is 0 Å². The number of hydrogen-bond acceptors (Lipinski definition) is 6. The topological polar surface area (TPSA) is 80.0 Å². The first-order valence-corrected chi connectivity index (χ1v) is 11.0. The lowest BCUT2D eigenvalue weighted by molar-refractivity contribution is -0.133. The van der Waals surface area contributed by atoms with Crippen molar-refractivity contribution in [1.29, 1.82) is 0 Å². The third-order valence-corrected chi connectivity index (χ3v) is 6.02. The molecule has 0 aliphatic carbocycles. The molecule has 0 spiro atoms. The van der Waals surface area contributed by atoms with Crippen molar-refractivity contribution in [3.8, 4) is 5.69 Å². The molecule has 1 aliphatic rings. The molecule has 1 aliphatic heterocycles. The molecule has 4 aromatic rings. The smallest absolute Gasteiger partial charge is 0.230 e. The van der Waals surface area contributed by atoms with E-state index in [0.717, 1.165) is 23.5 Å². The molecule has 3 heterocycles. The summed E-state index contributed by atoms with van der Waals surface area (Å²) in [5.74, 6) is 0.861. The maximum atomic E-state index is 13.2. The summed E-state index contributed by atoms with van der Waals surface area (Å²) >= 11 is 0. The monoisotopic (exact) mass is 427 g/mol. The Morgan fingerprint density at radius 3 is 2.31 bits per heavy atom. The van der Waals surface area contributed by atoms with Gasteiger partial charge in [0.1, 0.15) is 6.33 Å². The highest BCUT2D eigenvalue weighted by Crippen LogP contribution is 2.26. The van der Waals surface area contributed by atoms with E-state index in [4.69, 9.17) is 0 Å². The van der Waals surface area contributed by atoms with Crippen LogP contribution in [0.2, 0.25) is 0 Å². The van der Waals surface area contributed by atoms with Gasteiger partial charge in [-0.2, -0.15) is 4.68 Å². The quantitative estimate of drug-likeness (QED) is 0.487. The summed E-state index contributed by atoms with van der Waals surface area (Å²) in [5.41, 5.74) is 3.33. The Labute approximate surface area is 186 Å². The van der Waals surface area contributed by atoms with Gasteiger partial charge in [-0.05, 0) is 24.1 Å². The molecule has 0 bridgehead atoms. The molecule has 1 saturated heterocycles. The van der Waals surface area contributed by atoms with Crippen LogP contribution in [0.15, 0.2) is 67.0 Å². The van der Waals surface area contributed by atoms with Gasteiger partial charge in [0.25, 0.3) is 0 Å². The normalized spacial score (nSPS) is 15.2. The van der Waals surface area contributed by atoms with Crippen LogP contribution in [0.4, 0.5) is 5.82 Å². The summed E-state index contributed by atoms with van der Waals surface area (Å²) in [6.45, 7) is 4.77. The van der Waals surface area contributed by atoms with E-state index >= 15 is 0 Å². The third-order valence-electron chi connectivity index (χ3n) is 6.02. The van der Waals surface area contributed by atoms with E-state index in [1.807, 2.05) is 65.6 Å². The first-order valence-electron chi connectivity index (χ1n) is 11.0. The second-order valence-corrected chi connectivity index (χ2v) is 7.89. The Morgan fingerprint density at radius 1 is 0.938 bits per heavy atom. The van der Waals surface area contributed by atoms with E-state index < -0.39 is 0 Å². The van der Waals surface area contributed by atoms with Crippen LogP contribution in [-0.4, -0.2) is 61.9 Å². The largest absolute Gasteiger partial charge is 0.351 e. The molecule has 0 saturated carbocycles. The van der Waals surface area contributed by atoms with Crippen molar-refractivity contribution in [2.45, 2.75) is 19.3 Å². The number of carbonyl (C=O) groups excluding carboxylic acids is 1. The van der Waals surface area contributed by atoms with E-state index in [-0.39, 0.29) is 11.8 Å². The van der Waals surface area contributed by atoms with Crippen molar-refractivity contribution in [3.05, 3.63) is 72.6 Å². The highest BCUT2D eigenvalue weighted by molar-refractivity contribution is 5.85. The molecule has 0 radical (unpaired) electrons. The van der Waals surface area contributed by atoms with Crippen LogP contribution in [0, 0.1) is 0 Å². The summed E-state index contributed by atoms with van der Waals surface area (Å²) in [5, 5.41) is 8.68. The summed E-state index contributed by atoms with van der Waals surface area (Å²) in [6.07, 6.45) is 2.35. The van der Waals surface area contributed by atoms with E-state index in [9.17, 15) is 4.79 Å². The van der Waals surface area contributed by atoms with Crippen LogP contribution in [0.5, 0.6) is 0 Å². The van der Waals surface area contributed by atoms with Crippen LogP contribution in [0.25, 0.3) is 16.9 Å². The van der Waals surface area contributed by atoms with Crippen LogP contribution in [0.1, 0.15) is 24.8 Å². The van der Waals surface area contributed by atoms with Crippen molar-refractivity contribution in [2.24, 2.45) is 0 Å². The highest BCUT2D eigenvalue weighted by Gasteiger charge is 2.29. The van der Waals surface area contributed by atoms with Crippen LogP contribution in [-0.2, 0) is 4.79 Å². The average molecular weight is 428 g/mol. The molecule has 0 unspecified atom stereocenters. The standard InChI is InChI=1S/C24H25N7O/c1-2-20(18-9-5-3-6-10-18)24(32)30-15-13-29(14-16-30)22-21-23(26-17-25-22)31(28-27-21)19-11-7-4-8-12-19/h3-12,17,20H,2,13-16H2,1H3/t20-/m1/s1. The number of anilines is 1. The Morgan fingerprint density at radius 2 is 1.62 bits per heavy atom. The van der Waals surface area contributed by atoms with Gasteiger partial charge in [-0.25, -0.2) is 9.97 Å². The van der Waals surface area contributed by atoms with Crippen LogP contribution >= 0.6 is 0 Å². The number of aromatic nitrogens is 5. The molecule has 32 heavy (non-hydrogen) atoms. The second-order valence-electron chi connectivity index (χ2n) is 7.89. The van der Waals surface area contributed by atoms with Gasteiger partial charge in [-0.3, -0.25) is 4.79 Å². The van der Waals surface area contributed by atoms with Crippen molar-refractivity contribution in [3.63, 3.8) is 0 Å². The molecule has 8 nitrogen and oxygen atoms in total. The SMILES string of the molecule is CC[C@@H](C(=O)N1CCN(c2ncnc3c2nnn3-c2ccccc2)CC1)c1ccccc1. The number of fused-ring (bicyclic) bond motifs is 1. The zero-order valence-corrected chi connectivity index (χ0v) is 18.0. The molecule has 2 aromatic heterocycles. The summed E-state index contributed by atoms with van der Waals surface area (Å²) in [6, 6.07) is 19.9. The molecular weight excluding hydrogens is 402 g/mol. The van der Waals surface area contributed by atoms with Gasteiger partial charge in [-0.15, -0.1) is 5.10 Å². The lowest BCUT2D eigenvalue weighted by Gasteiger charge is -2.37. The fourth-order valence-corrected chi connectivity index (χ4v) is 4.31. The number of hydrogen-bond donors (Lipinski definition) is 0. The van der Waals surface area contributed by atoms with E-state index in [2.05, 4.69) is 32.1 Å². The number of amides is 1. The molecule has 1 amide bonds. The first kappa shape index (κ1) is 20.1. The summed E-state index contributed by atoms with van der Waals surface area (Å²) < 4.78 is 1.73. The zero-order chi connectivity index (χ0) is 21.9.